The van der Waals surface area contributed by atoms with Crippen LogP contribution in [-0.4, -0.2) is 81.1 Å². The standard InChI is InChI=1S/C24H36N2O5S/c1-6-10-25(15(3)4)22(29)20-24-16(5)14-17(32-24)18(23(30)31-13-7-2)19(24)21(28)26(20)11-8-9-12-27/h6-7,15-20,27H,1-2,8-14H2,3-5H3/t16?,17-,18+,19+,20?,24?/m1/s1. The van der Waals surface area contributed by atoms with Crippen LogP contribution >= 0.6 is 11.8 Å². The van der Waals surface area contributed by atoms with Crippen LogP contribution in [0.4, 0.5) is 0 Å². The number of ether oxygens (including phenoxy) is 1. The number of nitrogens with zero attached hydrogens (tertiary/aromatic N) is 2. The molecular formula is C24H36N2O5S. The van der Waals surface area contributed by atoms with E-state index in [-0.39, 0.29) is 48.2 Å². The first-order chi connectivity index (χ1) is 15.3. The van der Waals surface area contributed by atoms with Crippen molar-refractivity contribution in [1.82, 2.24) is 9.80 Å². The summed E-state index contributed by atoms with van der Waals surface area (Å²) in [5, 5.41) is 9.22. The van der Waals surface area contributed by atoms with Crippen molar-refractivity contribution in [3.8, 4) is 0 Å². The first kappa shape index (κ1) is 24.8. The number of unbranched alkanes of at least 4 members (excludes halogenated alkanes) is 1. The Hall–Kier alpha value is -1.80. The molecule has 3 fully saturated rings. The second kappa shape index (κ2) is 10.00. The molecule has 7 nitrogen and oxygen atoms in total. The van der Waals surface area contributed by atoms with Crippen LogP contribution in [0.2, 0.25) is 0 Å². The van der Waals surface area contributed by atoms with Crippen molar-refractivity contribution in [3.05, 3.63) is 25.3 Å². The van der Waals surface area contributed by atoms with Crippen molar-refractivity contribution in [2.45, 2.75) is 62.1 Å². The molecule has 178 valence electrons. The number of hydrogen-bond donors (Lipinski definition) is 1. The molecule has 8 heteroatoms. The van der Waals surface area contributed by atoms with Crippen LogP contribution in [-0.2, 0) is 19.1 Å². The Bertz CT molecular complexity index is 771. The molecule has 3 saturated heterocycles. The lowest BCUT2D eigenvalue weighted by Crippen LogP contribution is -2.58. The van der Waals surface area contributed by atoms with Crippen LogP contribution in [0, 0.1) is 17.8 Å². The molecule has 0 aromatic heterocycles. The molecular weight excluding hydrogens is 428 g/mol. The highest BCUT2D eigenvalue weighted by molar-refractivity contribution is 8.02. The van der Waals surface area contributed by atoms with Gasteiger partial charge < -0.3 is 19.6 Å². The van der Waals surface area contributed by atoms with Crippen molar-refractivity contribution < 1.29 is 24.2 Å². The number of hydrogen-bond acceptors (Lipinski definition) is 6. The number of fused-ring (bicyclic) bond motifs is 1. The van der Waals surface area contributed by atoms with Gasteiger partial charge in [-0.05, 0) is 39.0 Å². The third-order valence-corrected chi connectivity index (χ3v) is 9.21. The fourth-order valence-corrected chi connectivity index (χ4v) is 8.19. The molecule has 2 amide bonds. The van der Waals surface area contributed by atoms with Gasteiger partial charge in [0.2, 0.25) is 11.8 Å². The van der Waals surface area contributed by atoms with Crippen molar-refractivity contribution >= 4 is 29.5 Å². The summed E-state index contributed by atoms with van der Waals surface area (Å²) in [4.78, 5) is 44.2. The predicted molar refractivity (Wildman–Crippen MR) is 125 cm³/mol. The maximum Gasteiger partial charge on any atom is 0.311 e. The number of amides is 2. The molecule has 0 radical (unpaired) electrons. The average molecular weight is 465 g/mol. The molecule has 0 aliphatic carbocycles. The lowest BCUT2D eigenvalue weighted by atomic mass is 9.66. The summed E-state index contributed by atoms with van der Waals surface area (Å²) >= 11 is 1.65. The molecule has 0 aromatic carbocycles. The van der Waals surface area contributed by atoms with E-state index >= 15 is 0 Å². The smallest absolute Gasteiger partial charge is 0.311 e. The van der Waals surface area contributed by atoms with Gasteiger partial charge in [-0.25, -0.2) is 0 Å². The monoisotopic (exact) mass is 464 g/mol. The lowest BCUT2D eigenvalue weighted by molar-refractivity contribution is -0.153. The molecule has 2 bridgehead atoms. The summed E-state index contributed by atoms with van der Waals surface area (Å²) < 4.78 is 4.74. The summed E-state index contributed by atoms with van der Waals surface area (Å²) in [5.74, 6) is -1.59. The largest absolute Gasteiger partial charge is 0.461 e. The van der Waals surface area contributed by atoms with E-state index in [1.807, 2.05) is 13.8 Å². The topological polar surface area (TPSA) is 87.1 Å². The van der Waals surface area contributed by atoms with E-state index in [2.05, 4.69) is 20.1 Å². The first-order valence-electron chi connectivity index (χ1n) is 11.5. The Balaban J connectivity index is 2.03. The highest BCUT2D eigenvalue weighted by atomic mass is 32.2. The molecule has 3 aliphatic rings. The number of carbonyl (C=O) groups excluding carboxylic acids is 3. The highest BCUT2D eigenvalue weighted by Gasteiger charge is 2.76. The zero-order chi connectivity index (χ0) is 23.6. The van der Waals surface area contributed by atoms with Crippen LogP contribution in [0.3, 0.4) is 0 Å². The number of likely N-dealkylation sites (tertiary alicyclic amines) is 1. The van der Waals surface area contributed by atoms with Crippen LogP contribution in [0.1, 0.15) is 40.0 Å². The van der Waals surface area contributed by atoms with E-state index in [0.29, 0.717) is 25.9 Å². The minimum Gasteiger partial charge on any atom is -0.461 e. The van der Waals surface area contributed by atoms with E-state index in [0.717, 1.165) is 6.42 Å². The van der Waals surface area contributed by atoms with Gasteiger partial charge in [-0.2, -0.15) is 0 Å². The first-order valence-corrected chi connectivity index (χ1v) is 12.4. The van der Waals surface area contributed by atoms with Gasteiger partial charge in [0.25, 0.3) is 0 Å². The van der Waals surface area contributed by atoms with Gasteiger partial charge in [-0.15, -0.1) is 18.3 Å². The maximum atomic E-state index is 14.0. The van der Waals surface area contributed by atoms with Crippen LogP contribution < -0.4 is 0 Å². The minimum atomic E-state index is -0.649. The second-order valence-electron chi connectivity index (χ2n) is 9.31. The number of esters is 1. The van der Waals surface area contributed by atoms with Crippen molar-refractivity contribution in [2.75, 3.05) is 26.3 Å². The third-order valence-electron chi connectivity index (χ3n) is 7.13. The number of aliphatic hydroxyl groups excluding tert-OH is 1. The van der Waals surface area contributed by atoms with E-state index in [1.54, 1.807) is 27.6 Å². The van der Waals surface area contributed by atoms with Gasteiger partial charge in [0.05, 0.1) is 16.6 Å². The van der Waals surface area contributed by atoms with E-state index in [1.165, 1.54) is 6.08 Å². The molecule has 32 heavy (non-hydrogen) atoms. The maximum absolute atomic E-state index is 14.0. The Morgan fingerprint density at radius 2 is 2.06 bits per heavy atom. The zero-order valence-electron chi connectivity index (χ0n) is 19.4. The van der Waals surface area contributed by atoms with Gasteiger partial charge in [0.15, 0.2) is 0 Å². The zero-order valence-corrected chi connectivity index (χ0v) is 20.2. The van der Waals surface area contributed by atoms with Gasteiger partial charge in [-0.3, -0.25) is 14.4 Å². The predicted octanol–water partition coefficient (Wildman–Crippen LogP) is 2.25. The minimum absolute atomic E-state index is 0.0296. The van der Waals surface area contributed by atoms with Crippen molar-refractivity contribution in [1.29, 1.82) is 0 Å². The molecule has 6 atom stereocenters. The SMILES string of the molecule is C=CCOC(=O)[C@@H]1[C@H]2C(=O)N(CCCCO)C(C(=O)N(CC=C)C(C)C)C23S[C@@H]1CC3C. The summed E-state index contributed by atoms with van der Waals surface area (Å²) in [6, 6.07) is -0.680. The van der Waals surface area contributed by atoms with Gasteiger partial charge >= 0.3 is 5.97 Å². The fourth-order valence-electron chi connectivity index (χ4n) is 5.79. The second-order valence-corrected chi connectivity index (χ2v) is 10.9. The molecule has 3 aliphatic heterocycles. The Labute approximate surface area is 195 Å². The summed E-state index contributed by atoms with van der Waals surface area (Å²) in [6.45, 7) is 14.4. The Kier molecular flexibility index (Phi) is 7.76. The van der Waals surface area contributed by atoms with E-state index < -0.39 is 22.6 Å². The Morgan fingerprint density at radius 1 is 1.34 bits per heavy atom. The molecule has 3 heterocycles. The summed E-state index contributed by atoms with van der Waals surface area (Å²) in [5.41, 5.74) is 0. The number of aliphatic hydroxyl groups is 1. The quantitative estimate of drug-likeness (QED) is 0.287. The number of rotatable bonds is 11. The highest BCUT2D eigenvalue weighted by Crippen LogP contribution is 2.68. The van der Waals surface area contributed by atoms with E-state index in [9.17, 15) is 19.5 Å². The van der Waals surface area contributed by atoms with Gasteiger partial charge in [-0.1, -0.05) is 25.7 Å². The fraction of sp³-hybridized carbons (Fsp3) is 0.708. The summed E-state index contributed by atoms with van der Waals surface area (Å²) in [7, 11) is 0. The Morgan fingerprint density at radius 3 is 2.66 bits per heavy atom. The van der Waals surface area contributed by atoms with Gasteiger partial charge in [0, 0.05) is 31.0 Å². The van der Waals surface area contributed by atoms with Gasteiger partial charge in [0.1, 0.15) is 12.6 Å². The third kappa shape index (κ3) is 3.89. The van der Waals surface area contributed by atoms with E-state index in [4.69, 9.17) is 4.74 Å². The molecule has 3 unspecified atom stereocenters. The normalized spacial score (nSPS) is 32.8. The number of thioether (sulfide) groups is 1. The van der Waals surface area contributed by atoms with Crippen LogP contribution in [0.15, 0.2) is 25.3 Å². The van der Waals surface area contributed by atoms with Crippen molar-refractivity contribution in [3.63, 3.8) is 0 Å². The summed E-state index contributed by atoms with van der Waals surface area (Å²) in [6.07, 6.45) is 5.17. The molecule has 3 rings (SSSR count). The molecule has 1 N–H and O–H groups in total. The molecule has 1 spiro atoms. The lowest BCUT2D eigenvalue weighted by Gasteiger charge is -2.41. The molecule has 0 saturated carbocycles. The van der Waals surface area contributed by atoms with Crippen molar-refractivity contribution in [2.24, 2.45) is 17.8 Å². The number of carbonyl (C=O) groups is 3. The average Bonchev–Trinajstić information content (AvgIpc) is 3.34. The molecule has 0 aromatic rings. The van der Waals surface area contributed by atoms with Crippen LogP contribution in [0.25, 0.3) is 0 Å². The van der Waals surface area contributed by atoms with Crippen LogP contribution in [0.5, 0.6) is 0 Å².